The van der Waals surface area contributed by atoms with Crippen LogP contribution < -0.4 is 5.32 Å². The highest BCUT2D eigenvalue weighted by molar-refractivity contribution is 9.10. The molecule has 0 atom stereocenters. The molecule has 0 unspecified atom stereocenters. The molecule has 1 aliphatic carbocycles. The number of aromatic nitrogens is 4. The van der Waals surface area contributed by atoms with E-state index >= 15 is 0 Å². The molecule has 2 heterocycles. The summed E-state index contributed by atoms with van der Waals surface area (Å²) in [5.74, 6) is 0.426. The zero-order valence-electron chi connectivity index (χ0n) is 15.2. The zero-order valence-corrected chi connectivity index (χ0v) is 17.6. The van der Waals surface area contributed by atoms with Crippen molar-refractivity contribution < 1.29 is 14.0 Å². The predicted octanol–water partition coefficient (Wildman–Crippen LogP) is 3.80. The molecule has 0 spiro atoms. The molecular weight excluding hydrogens is 446 g/mol. The Morgan fingerprint density at radius 3 is 2.89 bits per heavy atom. The molecule has 0 fully saturated rings. The van der Waals surface area contributed by atoms with Crippen LogP contribution in [-0.4, -0.2) is 31.9 Å². The average molecular weight is 462 g/mol. The summed E-state index contributed by atoms with van der Waals surface area (Å²) in [6, 6.07) is 5.53. The lowest BCUT2D eigenvalue weighted by atomic mass is 9.94. The summed E-state index contributed by atoms with van der Waals surface area (Å²) in [6.45, 7) is 1.75. The fourth-order valence-corrected chi connectivity index (χ4v) is 4.30. The number of rotatable bonds is 4. The first-order chi connectivity index (χ1) is 13.4. The van der Waals surface area contributed by atoms with Crippen LogP contribution in [0.15, 0.2) is 37.1 Å². The van der Waals surface area contributed by atoms with Crippen molar-refractivity contribution in [3.8, 4) is 0 Å². The van der Waals surface area contributed by atoms with Crippen LogP contribution in [0.2, 0.25) is 0 Å². The Balaban J connectivity index is 1.64. The third kappa shape index (κ3) is 3.49. The maximum absolute atomic E-state index is 12.9. The first-order valence-corrected chi connectivity index (χ1v) is 10.2. The van der Waals surface area contributed by atoms with Gasteiger partial charge in [0, 0.05) is 34.8 Å². The van der Waals surface area contributed by atoms with Gasteiger partial charge in [-0.1, -0.05) is 15.9 Å². The molecule has 1 aromatic carbocycles. The number of tetrazole rings is 1. The largest absolute Gasteiger partial charge is 0.455 e. The minimum absolute atomic E-state index is 0.0371. The molecule has 1 aliphatic rings. The van der Waals surface area contributed by atoms with Crippen molar-refractivity contribution in [2.45, 2.75) is 36.2 Å². The van der Waals surface area contributed by atoms with Crippen LogP contribution in [0.5, 0.6) is 0 Å². The second-order valence-corrected chi connectivity index (χ2v) is 8.34. The van der Waals surface area contributed by atoms with E-state index < -0.39 is 5.91 Å². The number of fused-ring (bicyclic) bond motifs is 1. The lowest BCUT2D eigenvalue weighted by Crippen LogP contribution is -2.14. The maximum Gasteiger partial charge on any atom is 0.291 e. The molecule has 28 heavy (non-hydrogen) atoms. The van der Waals surface area contributed by atoms with Gasteiger partial charge >= 0.3 is 0 Å². The number of nitrogens with one attached hydrogen (secondary N) is 1. The van der Waals surface area contributed by atoms with Crippen molar-refractivity contribution in [2.75, 3.05) is 5.32 Å². The number of carbonyl (C=O) groups excluding carboxylic acids is 2. The molecule has 2 aromatic heterocycles. The third-order valence-electron chi connectivity index (χ3n) is 4.48. The summed E-state index contributed by atoms with van der Waals surface area (Å²) < 4.78 is 8.11. The van der Waals surface area contributed by atoms with E-state index in [1.807, 2.05) is 12.1 Å². The molecule has 0 saturated carbocycles. The van der Waals surface area contributed by atoms with E-state index in [2.05, 4.69) is 36.8 Å². The highest BCUT2D eigenvalue weighted by atomic mass is 79.9. The van der Waals surface area contributed by atoms with Crippen molar-refractivity contribution in [1.82, 2.24) is 20.2 Å². The standard InChI is InChI=1S/C18H16BrN5O3S/c1-9-15-12(25)4-3-5-13(15)27-16(9)17(26)20-11-8-10(19)6-7-14(11)28-18-21-22-23-24(18)2/h6-8H,3-5H2,1-2H3,(H,20,26). The van der Waals surface area contributed by atoms with E-state index in [0.717, 1.165) is 15.8 Å². The predicted molar refractivity (Wildman–Crippen MR) is 106 cm³/mol. The minimum Gasteiger partial charge on any atom is -0.455 e. The number of aryl methyl sites for hydroxylation is 2. The van der Waals surface area contributed by atoms with Gasteiger partial charge in [0.2, 0.25) is 5.16 Å². The minimum atomic E-state index is -0.393. The molecule has 0 bridgehead atoms. The Bertz CT molecular complexity index is 1090. The van der Waals surface area contributed by atoms with Gasteiger partial charge in [0.15, 0.2) is 11.5 Å². The Morgan fingerprint density at radius 1 is 1.36 bits per heavy atom. The van der Waals surface area contributed by atoms with Gasteiger partial charge in [0.25, 0.3) is 5.91 Å². The smallest absolute Gasteiger partial charge is 0.291 e. The maximum atomic E-state index is 12.9. The molecule has 0 aliphatic heterocycles. The number of carbonyl (C=O) groups is 2. The molecule has 8 nitrogen and oxygen atoms in total. The summed E-state index contributed by atoms with van der Waals surface area (Å²) in [4.78, 5) is 25.9. The van der Waals surface area contributed by atoms with Gasteiger partial charge < -0.3 is 9.73 Å². The van der Waals surface area contributed by atoms with Gasteiger partial charge in [-0.05, 0) is 53.7 Å². The summed E-state index contributed by atoms with van der Waals surface area (Å²) in [6.07, 6.45) is 1.91. The van der Waals surface area contributed by atoms with Crippen molar-refractivity contribution in [3.63, 3.8) is 0 Å². The number of anilines is 1. The number of halogens is 1. The van der Waals surface area contributed by atoms with Crippen LogP contribution in [0.25, 0.3) is 0 Å². The number of Topliss-reactive ketones (excluding diaryl/α,β-unsaturated/α-hetero) is 1. The molecule has 4 rings (SSSR count). The lowest BCUT2D eigenvalue weighted by Gasteiger charge is -2.10. The summed E-state index contributed by atoms with van der Waals surface area (Å²) in [7, 11) is 1.74. The number of furan rings is 1. The molecule has 0 radical (unpaired) electrons. The van der Waals surface area contributed by atoms with Crippen molar-refractivity contribution in [1.29, 1.82) is 0 Å². The Kier molecular flexibility index (Phi) is 5.07. The van der Waals surface area contributed by atoms with Crippen molar-refractivity contribution >= 4 is 45.1 Å². The first-order valence-electron chi connectivity index (χ1n) is 8.60. The number of nitrogens with zero attached hydrogens (tertiary/aromatic N) is 4. The second-order valence-electron chi connectivity index (χ2n) is 6.41. The van der Waals surface area contributed by atoms with Crippen molar-refractivity contribution in [3.05, 3.63) is 45.3 Å². The molecule has 1 amide bonds. The number of ketones is 1. The highest BCUT2D eigenvalue weighted by Gasteiger charge is 2.29. The van der Waals surface area contributed by atoms with Crippen LogP contribution >= 0.6 is 27.7 Å². The Labute approximate surface area is 173 Å². The molecule has 1 N–H and O–H groups in total. The van der Waals surface area contributed by atoms with Gasteiger partial charge in [-0.3, -0.25) is 9.59 Å². The second kappa shape index (κ2) is 7.51. The van der Waals surface area contributed by atoms with Crippen LogP contribution in [0.3, 0.4) is 0 Å². The van der Waals surface area contributed by atoms with Crippen LogP contribution in [-0.2, 0) is 13.5 Å². The first kappa shape index (κ1) is 18.9. The van der Waals surface area contributed by atoms with Gasteiger partial charge in [0.05, 0.1) is 11.3 Å². The molecule has 10 heteroatoms. The molecule has 0 saturated heterocycles. The van der Waals surface area contributed by atoms with E-state index in [4.69, 9.17) is 4.42 Å². The Hall–Kier alpha value is -2.46. The van der Waals surface area contributed by atoms with Gasteiger partial charge in [-0.15, -0.1) is 5.10 Å². The van der Waals surface area contributed by atoms with Gasteiger partial charge in [-0.25, -0.2) is 4.68 Å². The number of benzene rings is 1. The summed E-state index contributed by atoms with van der Waals surface area (Å²) in [5.41, 5.74) is 1.75. The van der Waals surface area contributed by atoms with E-state index in [9.17, 15) is 9.59 Å². The average Bonchev–Trinajstić information content (AvgIpc) is 3.21. The number of amides is 1. The molecular formula is C18H16BrN5O3S. The monoisotopic (exact) mass is 461 g/mol. The number of hydrogen-bond acceptors (Lipinski definition) is 7. The van der Waals surface area contributed by atoms with E-state index in [1.54, 1.807) is 24.7 Å². The Morgan fingerprint density at radius 2 is 2.18 bits per heavy atom. The topological polar surface area (TPSA) is 103 Å². The van der Waals surface area contributed by atoms with E-state index in [1.165, 1.54) is 11.8 Å². The SMILES string of the molecule is Cc1c(C(=O)Nc2cc(Br)ccc2Sc2nnnn2C)oc2c1C(=O)CCC2. The third-order valence-corrected chi connectivity index (χ3v) is 6.08. The lowest BCUT2D eigenvalue weighted by molar-refractivity contribution is 0.0963. The van der Waals surface area contributed by atoms with E-state index in [0.29, 0.717) is 40.6 Å². The summed E-state index contributed by atoms with van der Waals surface area (Å²) >= 11 is 4.76. The van der Waals surface area contributed by atoms with Crippen LogP contribution in [0.1, 0.15) is 45.1 Å². The van der Waals surface area contributed by atoms with Crippen LogP contribution in [0, 0.1) is 6.92 Å². The number of hydrogen-bond donors (Lipinski definition) is 1. The quantitative estimate of drug-likeness (QED) is 0.629. The molecule has 3 aromatic rings. The van der Waals surface area contributed by atoms with Gasteiger partial charge in [-0.2, -0.15) is 0 Å². The molecule has 144 valence electrons. The summed E-state index contributed by atoms with van der Waals surface area (Å²) in [5, 5.41) is 14.9. The highest BCUT2D eigenvalue weighted by Crippen LogP contribution is 2.35. The zero-order chi connectivity index (χ0) is 19.8. The van der Waals surface area contributed by atoms with Crippen LogP contribution in [0.4, 0.5) is 5.69 Å². The normalized spacial score (nSPS) is 13.5. The van der Waals surface area contributed by atoms with Crippen molar-refractivity contribution in [2.24, 2.45) is 7.05 Å². The fraction of sp³-hybridized carbons (Fsp3) is 0.278. The van der Waals surface area contributed by atoms with Gasteiger partial charge in [0.1, 0.15) is 5.76 Å². The fourth-order valence-electron chi connectivity index (χ4n) is 3.14. The van der Waals surface area contributed by atoms with E-state index in [-0.39, 0.29) is 11.5 Å².